The van der Waals surface area contributed by atoms with Gasteiger partial charge in [-0.15, -0.1) is 5.10 Å². The van der Waals surface area contributed by atoms with E-state index in [1.807, 2.05) is 0 Å². The van der Waals surface area contributed by atoms with Crippen LogP contribution in [0.5, 0.6) is 0 Å². The van der Waals surface area contributed by atoms with Gasteiger partial charge in [-0.3, -0.25) is 4.79 Å². The van der Waals surface area contributed by atoms with Crippen molar-refractivity contribution >= 4 is 17.9 Å². The molecule has 0 radical (unpaired) electrons. The molecule has 3 rings (SSSR count). The molecule has 152 valence electrons. The van der Waals surface area contributed by atoms with Crippen LogP contribution in [0, 0.1) is 0 Å². The summed E-state index contributed by atoms with van der Waals surface area (Å²) in [6, 6.07) is 4.51. The quantitative estimate of drug-likeness (QED) is 0.487. The number of rotatable bonds is 5. The van der Waals surface area contributed by atoms with Crippen molar-refractivity contribution in [2.45, 2.75) is 25.9 Å². The number of alkyl halides is 3. The van der Waals surface area contributed by atoms with Gasteiger partial charge < -0.3 is 5.73 Å². The molecule has 29 heavy (non-hydrogen) atoms. The van der Waals surface area contributed by atoms with Crippen LogP contribution in [0.2, 0.25) is 0 Å². The minimum Gasteiger partial charge on any atom is -0.378 e. The molecule has 3 aromatic rings. The van der Waals surface area contributed by atoms with Crippen LogP contribution in [-0.4, -0.2) is 37.4 Å². The van der Waals surface area contributed by atoms with E-state index in [9.17, 15) is 18.0 Å². The molecule has 3 N–H and O–H groups in total. The highest BCUT2D eigenvalue weighted by Crippen LogP contribution is 2.29. The van der Waals surface area contributed by atoms with E-state index >= 15 is 0 Å². The maximum atomic E-state index is 12.8. The highest BCUT2D eigenvalue weighted by Gasteiger charge is 2.30. The van der Waals surface area contributed by atoms with Gasteiger partial charge in [-0.2, -0.15) is 23.0 Å². The molecule has 0 spiro atoms. The third-order valence-electron chi connectivity index (χ3n) is 3.76. The lowest BCUT2D eigenvalue weighted by Gasteiger charge is -2.08. The molecule has 1 amide bonds. The van der Waals surface area contributed by atoms with Gasteiger partial charge in [0.2, 0.25) is 11.6 Å². The number of hydrogen-bond donors (Lipinski definition) is 2. The van der Waals surface area contributed by atoms with Crippen molar-refractivity contribution in [3.05, 3.63) is 46.8 Å². The standard InChI is InChI=1S/C16H15F3N8O2/c1-8(2)12-11(22-26-27(12)14-13(20)24-29-25-14)15(28)23-21-7-9-4-3-5-10(6-9)16(17,18)19/h3-8H,1-2H3,(H2,20,24)(H,23,28)/b21-7-. The van der Waals surface area contributed by atoms with E-state index in [0.717, 1.165) is 18.3 Å². The van der Waals surface area contributed by atoms with Crippen LogP contribution in [0.15, 0.2) is 34.0 Å². The van der Waals surface area contributed by atoms with Crippen molar-refractivity contribution in [2.75, 3.05) is 5.73 Å². The van der Waals surface area contributed by atoms with Gasteiger partial charge >= 0.3 is 6.18 Å². The molecule has 0 bridgehead atoms. The first kappa shape index (κ1) is 20.0. The Bertz CT molecular complexity index is 1050. The van der Waals surface area contributed by atoms with Crippen LogP contribution in [0.4, 0.5) is 19.0 Å². The minimum absolute atomic E-state index is 0.0358. The van der Waals surface area contributed by atoms with E-state index < -0.39 is 17.6 Å². The van der Waals surface area contributed by atoms with Crippen molar-refractivity contribution in [1.82, 2.24) is 30.7 Å². The number of benzene rings is 1. The van der Waals surface area contributed by atoms with Crippen molar-refractivity contribution in [2.24, 2.45) is 5.10 Å². The molecule has 0 fully saturated rings. The molecule has 2 aromatic heterocycles. The third kappa shape index (κ3) is 4.23. The SMILES string of the molecule is CC(C)c1c(C(=O)N/N=C\c2cccc(C(F)(F)F)c2)nnn1-c1nonc1N. The number of nitrogens with zero attached hydrogens (tertiary/aromatic N) is 6. The number of hydrazone groups is 1. The van der Waals surface area contributed by atoms with E-state index in [1.54, 1.807) is 13.8 Å². The van der Waals surface area contributed by atoms with Crippen molar-refractivity contribution in [1.29, 1.82) is 0 Å². The summed E-state index contributed by atoms with van der Waals surface area (Å²) < 4.78 is 44.0. The van der Waals surface area contributed by atoms with E-state index in [1.165, 1.54) is 16.8 Å². The maximum Gasteiger partial charge on any atom is 0.416 e. The zero-order valence-electron chi connectivity index (χ0n) is 15.2. The first-order valence-electron chi connectivity index (χ1n) is 8.23. The number of carbonyl (C=O) groups excluding carboxylic acids is 1. The largest absolute Gasteiger partial charge is 0.416 e. The molecule has 0 atom stereocenters. The van der Waals surface area contributed by atoms with Gasteiger partial charge in [0, 0.05) is 0 Å². The second kappa shape index (κ2) is 7.69. The monoisotopic (exact) mass is 408 g/mol. The fourth-order valence-corrected chi connectivity index (χ4v) is 2.48. The Labute approximate surface area is 161 Å². The number of carbonyl (C=O) groups is 1. The number of nitrogens with two attached hydrogens (primary N) is 1. The number of aromatic nitrogens is 5. The molecule has 0 saturated carbocycles. The number of amides is 1. The summed E-state index contributed by atoms with van der Waals surface area (Å²) in [5.41, 5.74) is 7.53. The first-order valence-corrected chi connectivity index (χ1v) is 8.23. The van der Waals surface area contributed by atoms with Gasteiger partial charge in [-0.05, 0) is 33.9 Å². The van der Waals surface area contributed by atoms with Crippen LogP contribution in [0.1, 0.15) is 47.1 Å². The molecule has 0 aliphatic rings. The van der Waals surface area contributed by atoms with Gasteiger partial charge in [0.15, 0.2) is 5.69 Å². The predicted molar refractivity (Wildman–Crippen MR) is 94.2 cm³/mol. The molecule has 0 saturated heterocycles. The summed E-state index contributed by atoms with van der Waals surface area (Å²) in [6.45, 7) is 3.59. The van der Waals surface area contributed by atoms with Crippen LogP contribution < -0.4 is 11.2 Å². The fraction of sp³-hybridized carbons (Fsp3) is 0.250. The summed E-state index contributed by atoms with van der Waals surface area (Å²) in [4.78, 5) is 12.4. The van der Waals surface area contributed by atoms with Gasteiger partial charge in [0.25, 0.3) is 5.91 Å². The molecule has 0 aliphatic heterocycles. The number of nitrogens with one attached hydrogen (secondary N) is 1. The van der Waals surface area contributed by atoms with Gasteiger partial charge in [0.05, 0.1) is 17.5 Å². The maximum absolute atomic E-state index is 12.8. The third-order valence-corrected chi connectivity index (χ3v) is 3.76. The zero-order chi connectivity index (χ0) is 21.2. The first-order chi connectivity index (χ1) is 13.7. The molecule has 0 aliphatic carbocycles. The van der Waals surface area contributed by atoms with Crippen molar-refractivity contribution in [3.63, 3.8) is 0 Å². The number of nitrogen functional groups attached to an aromatic ring is 1. The Balaban J connectivity index is 1.81. The van der Waals surface area contributed by atoms with Gasteiger partial charge in [0.1, 0.15) is 0 Å². The smallest absolute Gasteiger partial charge is 0.378 e. The number of hydrogen-bond acceptors (Lipinski definition) is 8. The molecule has 1 aromatic carbocycles. The van der Waals surface area contributed by atoms with E-state index in [2.05, 4.69) is 35.8 Å². The highest BCUT2D eigenvalue weighted by molar-refractivity contribution is 5.94. The molecular weight excluding hydrogens is 393 g/mol. The molecule has 0 unspecified atom stereocenters. The van der Waals surface area contributed by atoms with Gasteiger partial charge in [-0.1, -0.05) is 31.2 Å². The zero-order valence-corrected chi connectivity index (χ0v) is 15.2. The molecule has 10 nitrogen and oxygen atoms in total. The van der Waals surface area contributed by atoms with Gasteiger partial charge in [-0.25, -0.2) is 10.1 Å². The lowest BCUT2D eigenvalue weighted by molar-refractivity contribution is -0.137. The Kier molecular flexibility index (Phi) is 5.30. The minimum atomic E-state index is -4.48. The van der Waals surface area contributed by atoms with Crippen LogP contribution in [0.3, 0.4) is 0 Å². The summed E-state index contributed by atoms with van der Waals surface area (Å²) in [6.07, 6.45) is -3.39. The normalized spacial score (nSPS) is 12.1. The van der Waals surface area contributed by atoms with Crippen molar-refractivity contribution in [3.8, 4) is 5.82 Å². The molecular formula is C16H15F3N8O2. The molecule has 2 heterocycles. The second-order valence-electron chi connectivity index (χ2n) is 6.19. The van der Waals surface area contributed by atoms with E-state index in [-0.39, 0.29) is 28.8 Å². The summed E-state index contributed by atoms with van der Waals surface area (Å²) in [5.74, 6) is -0.883. The number of anilines is 1. The molecule has 13 heteroatoms. The lowest BCUT2D eigenvalue weighted by Crippen LogP contribution is -2.21. The Morgan fingerprint density at radius 2 is 2.10 bits per heavy atom. The Morgan fingerprint density at radius 3 is 2.72 bits per heavy atom. The highest BCUT2D eigenvalue weighted by atomic mass is 19.4. The second-order valence-corrected chi connectivity index (χ2v) is 6.19. The lowest BCUT2D eigenvalue weighted by atomic mass is 10.1. The Morgan fingerprint density at radius 1 is 1.34 bits per heavy atom. The van der Waals surface area contributed by atoms with Crippen LogP contribution in [-0.2, 0) is 6.18 Å². The van der Waals surface area contributed by atoms with Crippen molar-refractivity contribution < 1.29 is 22.6 Å². The van der Waals surface area contributed by atoms with E-state index in [0.29, 0.717) is 5.69 Å². The number of halogens is 3. The van der Waals surface area contributed by atoms with Crippen LogP contribution in [0.25, 0.3) is 5.82 Å². The van der Waals surface area contributed by atoms with Crippen LogP contribution >= 0.6 is 0 Å². The Hall–Kier alpha value is -3.77. The predicted octanol–water partition coefficient (Wildman–Crippen LogP) is 2.14. The average molecular weight is 408 g/mol. The summed E-state index contributed by atoms with van der Waals surface area (Å²) >= 11 is 0. The van der Waals surface area contributed by atoms with E-state index in [4.69, 9.17) is 5.73 Å². The fourth-order valence-electron chi connectivity index (χ4n) is 2.48. The topological polar surface area (TPSA) is 137 Å². The summed E-state index contributed by atoms with van der Waals surface area (Å²) in [7, 11) is 0. The summed E-state index contributed by atoms with van der Waals surface area (Å²) in [5, 5.41) is 18.4. The average Bonchev–Trinajstić information content (AvgIpc) is 3.27.